The first-order chi connectivity index (χ1) is 40.0. The van der Waals surface area contributed by atoms with Crippen molar-refractivity contribution < 1.29 is 68.0 Å². The van der Waals surface area contributed by atoms with Gasteiger partial charge in [-0.15, -0.1) is 0 Å². The molecule has 15 atom stereocenters. The maximum atomic E-state index is 14.1. The molecule has 0 saturated heterocycles. The van der Waals surface area contributed by atoms with Crippen LogP contribution in [-0.2, 0) is 65.5 Å². The summed E-state index contributed by atoms with van der Waals surface area (Å²) < 4.78 is 5.43. The van der Waals surface area contributed by atoms with Crippen LogP contribution in [0, 0.1) is 17.8 Å². The predicted molar refractivity (Wildman–Crippen MR) is 320 cm³/mol. The Balaban J connectivity index is 1.74. The molecule has 472 valence electrons. The fourth-order valence-corrected chi connectivity index (χ4v) is 9.36. The van der Waals surface area contributed by atoms with Crippen molar-refractivity contribution in [2.75, 3.05) is 18.6 Å². The number of aliphatic hydroxyl groups excluding tert-OH is 3. The molecule has 0 aliphatic heterocycles. The molecule has 3 rings (SSSR count). The molecular formula is C58H90N12O14S. The van der Waals surface area contributed by atoms with Crippen molar-refractivity contribution in [2.45, 2.75) is 180 Å². The lowest BCUT2D eigenvalue weighted by Crippen LogP contribution is -2.63. The van der Waals surface area contributed by atoms with Crippen molar-refractivity contribution in [1.29, 1.82) is 0 Å². The molecule has 0 fully saturated rings. The van der Waals surface area contributed by atoms with Crippen molar-refractivity contribution in [3.63, 3.8) is 0 Å². The molecule has 26 nitrogen and oxygen atoms in total. The van der Waals surface area contributed by atoms with E-state index in [1.165, 1.54) is 32.5 Å². The zero-order valence-corrected chi connectivity index (χ0v) is 51.0. The second-order valence-electron chi connectivity index (χ2n) is 22.0. The van der Waals surface area contributed by atoms with Gasteiger partial charge in [-0.2, -0.15) is 11.8 Å². The van der Waals surface area contributed by atoms with Crippen molar-refractivity contribution in [3.8, 4) is 0 Å². The van der Waals surface area contributed by atoms with E-state index in [0.717, 1.165) is 16.5 Å². The number of aromatic nitrogens is 1. The fraction of sp³-hybridized carbons (Fsp3) is 0.586. The molecule has 3 aromatic rings. The molecule has 9 amide bonds. The number of para-hydroxylation sites is 1. The summed E-state index contributed by atoms with van der Waals surface area (Å²) in [7, 11) is 0. The predicted octanol–water partition coefficient (Wildman–Crippen LogP) is -1.45. The number of thioether (sulfide) groups is 1. The highest BCUT2D eigenvalue weighted by atomic mass is 32.2. The van der Waals surface area contributed by atoms with Crippen molar-refractivity contribution in [2.24, 2.45) is 35.0 Å². The zero-order valence-electron chi connectivity index (χ0n) is 50.1. The van der Waals surface area contributed by atoms with Crippen LogP contribution in [0.4, 0.5) is 0 Å². The van der Waals surface area contributed by atoms with E-state index in [0.29, 0.717) is 24.2 Å². The van der Waals surface area contributed by atoms with Crippen LogP contribution < -0.4 is 59.7 Å². The number of rotatable bonds is 36. The van der Waals surface area contributed by atoms with Gasteiger partial charge in [-0.25, -0.2) is 4.79 Å². The van der Waals surface area contributed by atoms with Crippen LogP contribution in [0.25, 0.3) is 10.9 Å². The molecule has 0 bridgehead atoms. The Bertz CT molecular complexity index is 2710. The lowest BCUT2D eigenvalue weighted by atomic mass is 9.97. The molecule has 0 aliphatic carbocycles. The summed E-state index contributed by atoms with van der Waals surface area (Å²) in [5, 5.41) is 53.3. The number of aromatic amines is 1. The van der Waals surface area contributed by atoms with E-state index >= 15 is 0 Å². The third-order valence-corrected chi connectivity index (χ3v) is 15.1. The SMILES string of the molecule is CC[C@H](C)[C@H](NC(=O)[C@@H](NC(=O)[C@@H](N)COC(=O)[C@@H](NC(=O)[C@H](CC(C)C)NC(=O)[C@@H](NC(=O)[C@@H](NC(=O)[C@H](Cc1ccccc1)NC(=O)[C@@H](N)Cc1c[nH]c2ccccc12)[C@@H](C)O)[C@@H](C)O)[C@@H](C)CC)[C@@H](C)O)C(=O)N[C@@H](CCSC)C(N)=O. The number of ether oxygens (including phenoxy) is 1. The van der Waals surface area contributed by atoms with E-state index in [4.69, 9.17) is 21.9 Å². The van der Waals surface area contributed by atoms with Crippen LogP contribution in [0.1, 0.15) is 99.1 Å². The largest absolute Gasteiger partial charge is 0.462 e. The first kappa shape index (κ1) is 72.1. The number of aliphatic hydroxyl groups is 3. The number of nitrogens with one attached hydrogen (secondary N) is 9. The van der Waals surface area contributed by atoms with E-state index in [9.17, 15) is 63.3 Å². The summed E-state index contributed by atoms with van der Waals surface area (Å²) in [4.78, 5) is 139. The second kappa shape index (κ2) is 35.3. The summed E-state index contributed by atoms with van der Waals surface area (Å²) in [6.07, 6.45) is -0.185. The molecule has 18 N–H and O–H groups in total. The minimum Gasteiger partial charge on any atom is -0.462 e. The average molecular weight is 1210 g/mol. The van der Waals surface area contributed by atoms with Crippen LogP contribution >= 0.6 is 11.8 Å². The van der Waals surface area contributed by atoms with Gasteiger partial charge in [-0.05, 0) is 87.0 Å². The summed E-state index contributed by atoms with van der Waals surface area (Å²) in [6, 6.07) is 1.90. The number of esters is 1. The van der Waals surface area contributed by atoms with Crippen molar-refractivity contribution in [1.82, 2.24) is 47.5 Å². The van der Waals surface area contributed by atoms with Gasteiger partial charge in [0.1, 0.15) is 61.0 Å². The van der Waals surface area contributed by atoms with Gasteiger partial charge in [0.25, 0.3) is 0 Å². The zero-order chi connectivity index (χ0) is 63.8. The smallest absolute Gasteiger partial charge is 0.328 e. The van der Waals surface area contributed by atoms with Gasteiger partial charge in [-0.1, -0.05) is 103 Å². The Kier molecular flexibility index (Phi) is 30.0. The minimum atomic E-state index is -1.78. The monoisotopic (exact) mass is 1210 g/mol. The molecule has 1 heterocycles. The van der Waals surface area contributed by atoms with Crippen LogP contribution in [0.3, 0.4) is 0 Å². The quantitative estimate of drug-likeness (QED) is 0.0296. The number of hydrogen-bond acceptors (Lipinski definition) is 17. The molecule has 85 heavy (non-hydrogen) atoms. The Morgan fingerprint density at radius 1 is 0.541 bits per heavy atom. The normalized spacial score (nSPS) is 16.8. The molecule has 0 aliphatic rings. The van der Waals surface area contributed by atoms with Crippen LogP contribution in [0.15, 0.2) is 60.8 Å². The highest BCUT2D eigenvalue weighted by Gasteiger charge is 2.39. The number of nitrogens with two attached hydrogens (primary N) is 3. The van der Waals surface area contributed by atoms with Gasteiger partial charge in [0.05, 0.1) is 24.4 Å². The molecular weight excluding hydrogens is 1120 g/mol. The van der Waals surface area contributed by atoms with E-state index in [1.807, 2.05) is 30.5 Å². The third-order valence-electron chi connectivity index (χ3n) is 14.5. The van der Waals surface area contributed by atoms with Crippen LogP contribution in [-0.4, -0.2) is 177 Å². The van der Waals surface area contributed by atoms with E-state index in [1.54, 1.807) is 78.1 Å². The van der Waals surface area contributed by atoms with Gasteiger partial charge in [0, 0.05) is 23.5 Å². The number of amides is 9. The van der Waals surface area contributed by atoms with Gasteiger partial charge < -0.3 is 84.8 Å². The Morgan fingerprint density at radius 3 is 1.53 bits per heavy atom. The standard InChI is InChI=1S/C58H90N12O14S/c1-11-30(5)44(54(79)63-41(49(61)74)22-23-85-10)66-56(81)47(33(8)72)68-51(76)39(60)28-84-58(83)45(31(6)12-2)67-52(77)42(24-29(3)4)65-55(80)46(32(7)71)70-57(82)48(34(9)73)69-53(78)43(25-35-18-14-13-15-19-35)64-50(75)38(59)26-36-27-62-40-21-17-16-20-37(36)40/h13-21,27,29-34,38-39,41-48,62,71-73H,11-12,22-26,28,59-60H2,1-10H3,(H2,61,74)(H,63,79)(H,64,75)(H,65,80)(H,66,81)(H,67,77)(H,68,76)(H,69,78)(H,70,82)/t30-,31-,32+,33+,34+,38-,39-,41-,42-,43-,44-,45-,46-,47-,48-/m0/s1. The summed E-state index contributed by atoms with van der Waals surface area (Å²) in [6.45, 7) is 13.1. The molecule has 0 saturated carbocycles. The summed E-state index contributed by atoms with van der Waals surface area (Å²) >= 11 is 1.44. The maximum absolute atomic E-state index is 14.1. The summed E-state index contributed by atoms with van der Waals surface area (Å²) in [5.74, 6) is -9.94. The Morgan fingerprint density at radius 2 is 0.988 bits per heavy atom. The van der Waals surface area contributed by atoms with Gasteiger partial charge in [0.15, 0.2) is 0 Å². The van der Waals surface area contributed by atoms with Gasteiger partial charge >= 0.3 is 5.97 Å². The van der Waals surface area contributed by atoms with Gasteiger partial charge in [-0.3, -0.25) is 43.2 Å². The second-order valence-corrected chi connectivity index (χ2v) is 23.0. The highest BCUT2D eigenvalue weighted by molar-refractivity contribution is 7.98. The molecule has 0 radical (unpaired) electrons. The van der Waals surface area contributed by atoms with Crippen LogP contribution in [0.2, 0.25) is 0 Å². The van der Waals surface area contributed by atoms with Gasteiger partial charge in [0.2, 0.25) is 53.2 Å². The number of H-pyrrole nitrogens is 1. The third kappa shape index (κ3) is 22.6. The number of primary amides is 1. The molecule has 2 aromatic carbocycles. The number of hydrogen-bond donors (Lipinski definition) is 15. The molecule has 1 aromatic heterocycles. The lowest BCUT2D eigenvalue weighted by molar-refractivity contribution is -0.151. The van der Waals surface area contributed by atoms with Crippen LogP contribution in [0.5, 0.6) is 0 Å². The number of carbonyl (C=O) groups is 10. The maximum Gasteiger partial charge on any atom is 0.328 e. The highest BCUT2D eigenvalue weighted by Crippen LogP contribution is 2.20. The van der Waals surface area contributed by atoms with E-state index in [2.05, 4.69) is 47.5 Å². The number of fused-ring (bicyclic) bond motifs is 1. The van der Waals surface area contributed by atoms with E-state index < -0.39 is 156 Å². The Hall–Kier alpha value is -7.17. The summed E-state index contributed by atoms with van der Waals surface area (Å²) in [5.41, 5.74) is 20.2. The molecule has 0 spiro atoms. The van der Waals surface area contributed by atoms with Crippen molar-refractivity contribution >= 4 is 81.8 Å². The number of carbonyl (C=O) groups excluding carboxylic acids is 10. The topological polar surface area (TPSA) is 431 Å². The Labute approximate surface area is 500 Å². The fourth-order valence-electron chi connectivity index (χ4n) is 8.89. The molecule has 0 unspecified atom stereocenters. The van der Waals surface area contributed by atoms with Crippen molar-refractivity contribution in [3.05, 3.63) is 71.9 Å². The van der Waals surface area contributed by atoms with E-state index in [-0.39, 0.29) is 31.6 Å². The lowest BCUT2D eigenvalue weighted by Gasteiger charge is -2.30. The average Bonchev–Trinajstić information content (AvgIpc) is 3.77. The first-order valence-corrected chi connectivity index (χ1v) is 30.0. The number of benzene rings is 2. The molecule has 27 heteroatoms. The first-order valence-electron chi connectivity index (χ1n) is 28.6. The minimum absolute atomic E-state index is 0.0232.